The maximum Gasteiger partial charge on any atom is 0.313 e. The molecule has 3 heterocycles. The number of aliphatic hydroxyl groups excluding tert-OH is 4. The minimum atomic E-state index is -1.98. The minimum Gasteiger partial charge on any atom is -0.508 e. The van der Waals surface area contributed by atoms with E-state index in [4.69, 9.17) is 16.2 Å². The Morgan fingerprint density at radius 1 is 0.940 bits per heavy atom. The summed E-state index contributed by atoms with van der Waals surface area (Å²) >= 11 is 0. The van der Waals surface area contributed by atoms with Crippen molar-refractivity contribution in [2.75, 3.05) is 31.3 Å². The number of esters is 1. The molecule has 16 nitrogen and oxygen atoms in total. The lowest BCUT2D eigenvalue weighted by Crippen LogP contribution is -2.67. The molecule has 0 amide bonds. The highest BCUT2D eigenvalue weighted by Crippen LogP contribution is 2.73. The molecule has 10 aliphatic rings. The Labute approximate surface area is 501 Å². The quantitative estimate of drug-likeness (QED) is 0.0364. The summed E-state index contributed by atoms with van der Waals surface area (Å²) in [6.07, 6.45) is 11.5. The lowest BCUT2D eigenvalue weighted by Gasteiger charge is -2.63. The number of hydrogen-bond donors (Lipinski definition) is 11. The van der Waals surface area contributed by atoms with Crippen LogP contribution in [0.4, 0.5) is 0 Å². The number of fused-ring (bicyclic) bond motifs is 8. The van der Waals surface area contributed by atoms with Gasteiger partial charge < -0.3 is 62.3 Å². The van der Waals surface area contributed by atoms with Gasteiger partial charge in [0, 0.05) is 84.2 Å². The number of nitrogens with two attached hydrogens (primary N) is 2. The topological polar surface area (TPSA) is 294 Å². The fourth-order valence-electron chi connectivity index (χ4n) is 19.9. The summed E-state index contributed by atoms with van der Waals surface area (Å²) < 4.78 is 6.03. The number of ketones is 2. The molecule has 18 heteroatoms. The second kappa shape index (κ2) is 22.9. The van der Waals surface area contributed by atoms with Crippen LogP contribution in [0.2, 0.25) is 0 Å². The van der Waals surface area contributed by atoms with Crippen molar-refractivity contribution < 1.29 is 54.9 Å². The van der Waals surface area contributed by atoms with Crippen molar-refractivity contribution in [3.8, 4) is 17.6 Å². The number of rotatable bonds is 7. The highest BCUT2D eigenvalue weighted by Gasteiger charge is 2.75. The summed E-state index contributed by atoms with van der Waals surface area (Å²) in [4.78, 5) is 52.8. The molecule has 1 aromatic heterocycles. The maximum atomic E-state index is 16.2. The molecule has 0 unspecified atom stereocenters. The van der Waals surface area contributed by atoms with Gasteiger partial charge in [0.1, 0.15) is 11.8 Å². The number of phenolic OH excluding ortho intramolecular Hbond substituents is 1. The number of benzene rings is 1. The van der Waals surface area contributed by atoms with E-state index >= 15 is 4.79 Å². The molecule has 454 valence electrons. The number of aromatic hydroxyl groups is 1. The van der Waals surface area contributed by atoms with Crippen LogP contribution in [-0.4, -0.2) is 131 Å². The number of aliphatic hydroxyl groups is 6. The molecular weight excluding hydrogens is 1100 g/mol. The third-order valence-electron chi connectivity index (χ3n) is 23.5. The van der Waals surface area contributed by atoms with E-state index < -0.39 is 94.3 Å². The van der Waals surface area contributed by atoms with E-state index in [-0.39, 0.29) is 141 Å². The molecule has 6 fully saturated rings. The predicted molar refractivity (Wildman–Crippen MR) is 322 cm³/mol. The Balaban J connectivity index is 1.04. The van der Waals surface area contributed by atoms with Crippen molar-refractivity contribution in [3.05, 3.63) is 88.9 Å². The third kappa shape index (κ3) is 9.83. The first-order valence-corrected chi connectivity index (χ1v) is 33.5. The summed E-state index contributed by atoms with van der Waals surface area (Å²) in [5, 5.41) is 90.9. The van der Waals surface area contributed by atoms with Gasteiger partial charge in [-0.15, -0.1) is 5.92 Å². The minimum absolute atomic E-state index is 0.000959. The van der Waals surface area contributed by atoms with E-state index in [2.05, 4.69) is 59.2 Å². The van der Waals surface area contributed by atoms with E-state index in [1.165, 1.54) is 27.2 Å². The molecule has 6 bridgehead atoms. The maximum absolute atomic E-state index is 16.2. The number of carbonyl (C=O) groups is 3. The van der Waals surface area contributed by atoms with Crippen LogP contribution in [0.25, 0.3) is 0 Å². The number of aromatic amines is 1. The van der Waals surface area contributed by atoms with Crippen molar-refractivity contribution in [2.24, 2.45) is 110 Å². The second-order valence-electron chi connectivity index (χ2n) is 27.9. The van der Waals surface area contributed by atoms with Crippen molar-refractivity contribution in [1.82, 2.24) is 10.3 Å². The first-order valence-electron chi connectivity index (χ1n) is 31.0. The highest BCUT2D eigenvalue weighted by molar-refractivity contribution is 8.76. The average molecular weight is 1190 g/mol. The number of nitrogens with zero attached hydrogens (tertiary/aromatic N) is 1. The number of guanidine groups is 1. The zero-order chi connectivity index (χ0) is 59.4. The number of aromatic nitrogens is 1. The Kier molecular flexibility index (Phi) is 16.3. The van der Waals surface area contributed by atoms with Gasteiger partial charge in [-0.2, -0.15) is 0 Å². The number of phenols is 1. The lowest BCUT2D eigenvalue weighted by atomic mass is 9.43. The monoisotopic (exact) mass is 1190 g/mol. The van der Waals surface area contributed by atoms with Crippen LogP contribution >= 0.6 is 21.6 Å². The van der Waals surface area contributed by atoms with E-state index in [0.717, 1.165) is 30.4 Å². The first kappa shape index (κ1) is 59.7. The first-order chi connectivity index (χ1) is 40.1. The van der Waals surface area contributed by atoms with Gasteiger partial charge in [0.15, 0.2) is 17.5 Å². The Bertz CT molecular complexity index is 3040. The van der Waals surface area contributed by atoms with Crippen molar-refractivity contribution in [2.45, 2.75) is 146 Å². The number of carbonyl (C=O) groups excluding carboxylic acids is 3. The zero-order valence-electron chi connectivity index (χ0n) is 48.8. The van der Waals surface area contributed by atoms with Crippen LogP contribution in [0.1, 0.15) is 121 Å². The normalized spacial score (nSPS) is 45.5. The molecule has 13 N–H and O–H groups in total. The Hall–Kier alpha value is -4.58. The number of cyclic esters (lactones) is 1. The second-order valence-corrected chi connectivity index (χ2v) is 30.5. The van der Waals surface area contributed by atoms with Crippen LogP contribution in [0.5, 0.6) is 5.75 Å². The van der Waals surface area contributed by atoms with Crippen molar-refractivity contribution in [3.63, 3.8) is 0 Å². The van der Waals surface area contributed by atoms with Crippen LogP contribution < -0.4 is 16.8 Å². The number of allylic oxidation sites excluding steroid dienone is 5. The molecule has 2 saturated heterocycles. The number of ether oxygens (including phenoxy) is 1. The fourth-order valence-corrected chi connectivity index (χ4v) is 22.6. The van der Waals surface area contributed by atoms with E-state index in [1.807, 2.05) is 25.4 Å². The smallest absolute Gasteiger partial charge is 0.313 e. The van der Waals surface area contributed by atoms with E-state index in [0.29, 0.717) is 29.4 Å². The summed E-state index contributed by atoms with van der Waals surface area (Å²) in [5.74, 6) is 2.76. The standard InChI is InChI=1S/C66H87N5O11S2/c1-33-8-9-36-24-37-12-15-43-42(45-30-82-61(79)53(45)39-17-20-69-28-39)7-5-6-38-26-66(81)56-47(16-18-65(66,19-21-70-62(67)68)60(38)64(4,80)51(76)23-34(2)52(37)54(43)44(36)22-33)63(3)27-50(75)58(77)46-32-84-83-31-40(35-10-13-41(73)14-11-35)25-49(74)48(29-72)71-57(56)59(78)55(46)63/h10-15,17,20,24,28,33-34,37-38,40,42-48,50-55,58,60,69,71-73,75-77,80-81H,6,8-9,16,18-19,21-23,25-27,29-32H2,1-4H3,(H4,67,68,70)/t33-,34-,37-,38-,40-,42-,43-,44-,45+,46-,47+,48+,50+,51-,52-,53+,54+,55+,58-,60-,63-,64+,65+,66-/m1/s1. The summed E-state index contributed by atoms with van der Waals surface area (Å²) in [5.41, 5.74) is 9.41. The summed E-state index contributed by atoms with van der Waals surface area (Å²) in [7, 11) is 2.98. The number of nitrogens with one attached hydrogen (secondary N) is 2. The number of hydrogen-bond acceptors (Lipinski definition) is 15. The van der Waals surface area contributed by atoms with Gasteiger partial charge in [-0.25, -0.2) is 0 Å². The number of aliphatic imine (C=N–C) groups is 1. The Morgan fingerprint density at radius 2 is 1.71 bits per heavy atom. The molecule has 4 saturated carbocycles. The Morgan fingerprint density at radius 3 is 2.45 bits per heavy atom. The SMILES string of the molecule is C[C@@H]1CCC2=C[C@H]3C=C[C@@H]4[C@H]([C@@H]5COC(=O)[C@H]5c5cc[nH]c5)C#CC[C@@H]5C[C@@]6(O)C7=C8N[C@@H](CO)C(=O)C[C@@H](c9ccc(O)cc9)CSSC[C@H]9[C@@H](O)[C@@H](O)C[C@@](C)([C@@H]9C8=O)[C@H]7CC[C@]6(CCN=C(N)N)[C@H]5[C@@](C)(O)[C@H](O)C[C@@H](C)[C@H]3[C@@H]4[C@@H]2C1. The van der Waals surface area contributed by atoms with Crippen LogP contribution in [-0.2, 0) is 19.1 Å². The molecule has 84 heavy (non-hydrogen) atoms. The molecule has 2 aromatic rings. The fraction of sp³-hybridized carbons (Fsp3) is 0.667. The van der Waals surface area contributed by atoms with E-state index in [1.54, 1.807) is 31.2 Å². The van der Waals surface area contributed by atoms with Crippen LogP contribution in [0.3, 0.4) is 0 Å². The van der Waals surface area contributed by atoms with Gasteiger partial charge >= 0.3 is 5.97 Å². The average Bonchev–Trinajstić information content (AvgIpc) is 1.35. The lowest BCUT2D eigenvalue weighted by molar-refractivity contribution is -0.194. The number of H-pyrrole nitrogens is 1. The van der Waals surface area contributed by atoms with E-state index in [9.17, 15) is 45.3 Å². The van der Waals surface area contributed by atoms with Crippen LogP contribution in [0, 0.1) is 106 Å². The summed E-state index contributed by atoms with van der Waals surface area (Å²) in [6, 6.07) is 7.32. The van der Waals surface area contributed by atoms with Gasteiger partial charge in [0.05, 0.1) is 54.3 Å². The third-order valence-corrected chi connectivity index (χ3v) is 26.0. The van der Waals surface area contributed by atoms with Gasteiger partial charge in [-0.1, -0.05) is 84.2 Å². The van der Waals surface area contributed by atoms with Crippen LogP contribution in [0.15, 0.2) is 82.8 Å². The summed E-state index contributed by atoms with van der Waals surface area (Å²) in [6.45, 7) is 7.78. The molecule has 0 radical (unpaired) electrons. The highest BCUT2D eigenvalue weighted by atomic mass is 33.1. The molecule has 12 rings (SSSR count). The van der Waals surface area contributed by atoms with Crippen molar-refractivity contribution in [1.29, 1.82) is 0 Å². The molecule has 24 atom stereocenters. The zero-order valence-corrected chi connectivity index (χ0v) is 50.4. The molecule has 0 spiro atoms. The molecule has 8 aliphatic carbocycles. The molecule has 2 aliphatic heterocycles. The predicted octanol–water partition coefficient (Wildman–Crippen LogP) is 6.27. The molecule has 1 aromatic carbocycles. The van der Waals surface area contributed by atoms with Crippen molar-refractivity contribution >= 4 is 45.1 Å². The van der Waals surface area contributed by atoms with Gasteiger partial charge in [-0.05, 0) is 158 Å². The van der Waals surface area contributed by atoms with Gasteiger partial charge in [0.25, 0.3) is 0 Å². The molecular formula is C66H87N5O11S2. The number of Topliss-reactive ketones (excluding diaryl/α,β-unsaturated/α-hetero) is 2. The van der Waals surface area contributed by atoms with Gasteiger partial charge in [-0.3, -0.25) is 19.4 Å². The largest absolute Gasteiger partial charge is 0.508 e. The van der Waals surface area contributed by atoms with Gasteiger partial charge in [0.2, 0.25) is 0 Å².